The second-order valence-corrected chi connectivity index (χ2v) is 5.90. The summed E-state index contributed by atoms with van der Waals surface area (Å²) < 4.78 is 39.0. The maximum Gasteiger partial charge on any atom is 0.418 e. The number of piperidine rings is 1. The third kappa shape index (κ3) is 3.67. The van der Waals surface area contributed by atoms with Gasteiger partial charge in [-0.3, -0.25) is 0 Å². The zero-order valence-corrected chi connectivity index (χ0v) is 12.9. The molecule has 1 saturated heterocycles. The Bertz CT molecular complexity index is 506. The molecule has 1 N–H and O–H groups in total. The lowest BCUT2D eigenvalue weighted by atomic mass is 9.98. The van der Waals surface area contributed by atoms with Gasteiger partial charge in [-0.25, -0.2) is 0 Å². The zero-order chi connectivity index (χ0) is 15.6. The average molecular weight is 316 g/mol. The Morgan fingerprint density at radius 1 is 1.19 bits per heavy atom. The van der Waals surface area contributed by atoms with Crippen LogP contribution < -0.4 is 5.32 Å². The molecule has 2 atom stereocenters. The van der Waals surface area contributed by atoms with Crippen molar-refractivity contribution in [1.29, 1.82) is 0 Å². The Kier molecular flexibility index (Phi) is 4.76. The minimum atomic E-state index is -4.39. The van der Waals surface area contributed by atoms with Crippen molar-refractivity contribution < 1.29 is 13.2 Å². The zero-order valence-electron chi connectivity index (χ0n) is 12.1. The Morgan fingerprint density at radius 2 is 1.76 bits per heavy atom. The first-order valence-corrected chi connectivity index (χ1v) is 7.47. The standard InChI is InChI=1S/C15H19F3N2S/c1-10-6-5-7-11(2)20(10)14(21)19-13-9-4-3-8-12(13)15(16,17)18/h3-4,8-11H,5-7H2,1-2H3,(H,19,21). The lowest BCUT2D eigenvalue weighted by molar-refractivity contribution is -0.136. The molecule has 1 fully saturated rings. The highest BCUT2D eigenvalue weighted by Crippen LogP contribution is 2.35. The first-order valence-electron chi connectivity index (χ1n) is 7.06. The first-order chi connectivity index (χ1) is 9.80. The molecule has 2 nitrogen and oxygen atoms in total. The maximum absolute atomic E-state index is 13.0. The van der Waals surface area contributed by atoms with Gasteiger partial charge in [-0.05, 0) is 57.5 Å². The number of hydrogen-bond acceptors (Lipinski definition) is 1. The van der Waals surface area contributed by atoms with Gasteiger partial charge in [-0.1, -0.05) is 12.1 Å². The van der Waals surface area contributed by atoms with E-state index in [1.807, 2.05) is 4.90 Å². The highest BCUT2D eigenvalue weighted by molar-refractivity contribution is 7.80. The summed E-state index contributed by atoms with van der Waals surface area (Å²) in [6.07, 6.45) is -1.25. The molecular formula is C15H19F3N2S. The minimum Gasteiger partial charge on any atom is -0.344 e. The number of thiocarbonyl (C=S) groups is 1. The summed E-state index contributed by atoms with van der Waals surface area (Å²) in [5.41, 5.74) is -0.676. The summed E-state index contributed by atoms with van der Waals surface area (Å²) in [4.78, 5) is 2.01. The van der Waals surface area contributed by atoms with Crippen LogP contribution in [0.1, 0.15) is 38.7 Å². The fourth-order valence-corrected chi connectivity index (χ4v) is 3.31. The van der Waals surface area contributed by atoms with Crippen LogP contribution in [-0.4, -0.2) is 22.1 Å². The SMILES string of the molecule is CC1CCCC(C)N1C(=S)Nc1ccccc1C(F)(F)F. The number of anilines is 1. The van der Waals surface area contributed by atoms with Crippen LogP contribution in [-0.2, 0) is 6.18 Å². The molecular weight excluding hydrogens is 297 g/mol. The van der Waals surface area contributed by atoms with E-state index in [2.05, 4.69) is 19.2 Å². The Hall–Kier alpha value is -1.30. The number of rotatable bonds is 1. The maximum atomic E-state index is 13.0. The summed E-state index contributed by atoms with van der Waals surface area (Å²) in [5, 5.41) is 3.15. The van der Waals surface area contributed by atoms with E-state index in [-0.39, 0.29) is 17.8 Å². The molecule has 1 aromatic carbocycles. The third-order valence-electron chi connectivity index (χ3n) is 3.90. The van der Waals surface area contributed by atoms with Gasteiger partial charge in [0.15, 0.2) is 5.11 Å². The van der Waals surface area contributed by atoms with E-state index in [1.54, 1.807) is 6.07 Å². The molecule has 0 saturated carbocycles. The Labute approximate surface area is 128 Å². The second kappa shape index (κ2) is 6.22. The van der Waals surface area contributed by atoms with Crippen LogP contribution in [0.5, 0.6) is 0 Å². The lowest BCUT2D eigenvalue weighted by Gasteiger charge is -2.41. The topological polar surface area (TPSA) is 15.3 Å². The molecule has 21 heavy (non-hydrogen) atoms. The van der Waals surface area contributed by atoms with Gasteiger partial charge in [0.25, 0.3) is 0 Å². The molecule has 0 spiro atoms. The predicted octanol–water partition coefficient (Wildman–Crippen LogP) is 4.67. The summed E-state index contributed by atoms with van der Waals surface area (Å²) >= 11 is 5.34. The van der Waals surface area contributed by atoms with Gasteiger partial charge in [0, 0.05) is 12.1 Å². The summed E-state index contributed by atoms with van der Waals surface area (Å²) in [5.74, 6) is 0. The number of likely N-dealkylation sites (tertiary alicyclic amines) is 1. The van der Waals surface area contributed by atoms with Crippen LogP contribution in [0, 0.1) is 0 Å². The van der Waals surface area contributed by atoms with Gasteiger partial charge in [-0.2, -0.15) is 13.2 Å². The number of halogens is 3. The van der Waals surface area contributed by atoms with E-state index < -0.39 is 11.7 Å². The fraction of sp³-hybridized carbons (Fsp3) is 0.533. The highest BCUT2D eigenvalue weighted by atomic mass is 32.1. The normalized spacial score (nSPS) is 23.0. The summed E-state index contributed by atoms with van der Waals surface area (Å²) in [7, 11) is 0. The average Bonchev–Trinajstić information content (AvgIpc) is 2.37. The van der Waals surface area contributed by atoms with Crippen molar-refractivity contribution in [3.63, 3.8) is 0 Å². The molecule has 0 aromatic heterocycles. The predicted molar refractivity (Wildman–Crippen MR) is 82.3 cm³/mol. The van der Waals surface area contributed by atoms with Gasteiger partial charge in [-0.15, -0.1) is 0 Å². The molecule has 0 radical (unpaired) electrons. The van der Waals surface area contributed by atoms with Crippen LogP contribution >= 0.6 is 12.2 Å². The van der Waals surface area contributed by atoms with Gasteiger partial charge < -0.3 is 10.2 Å². The van der Waals surface area contributed by atoms with E-state index in [9.17, 15) is 13.2 Å². The summed E-state index contributed by atoms with van der Waals surface area (Å²) in [6.45, 7) is 4.11. The monoisotopic (exact) mass is 316 g/mol. The minimum absolute atomic E-state index is 0.0139. The van der Waals surface area contributed by atoms with Crippen molar-refractivity contribution in [2.75, 3.05) is 5.32 Å². The first kappa shape index (κ1) is 16.1. The molecule has 0 aliphatic carbocycles. The van der Waals surface area contributed by atoms with Crippen LogP contribution in [0.15, 0.2) is 24.3 Å². The van der Waals surface area contributed by atoms with E-state index in [0.717, 1.165) is 25.3 Å². The van der Waals surface area contributed by atoms with Gasteiger partial charge in [0.2, 0.25) is 0 Å². The lowest BCUT2D eigenvalue weighted by Crippen LogP contribution is -2.49. The number of alkyl halides is 3. The number of hydrogen-bond donors (Lipinski definition) is 1. The Morgan fingerprint density at radius 3 is 2.33 bits per heavy atom. The van der Waals surface area contributed by atoms with E-state index in [4.69, 9.17) is 12.2 Å². The summed E-state index contributed by atoms with van der Waals surface area (Å²) in [6, 6.07) is 5.91. The van der Waals surface area contributed by atoms with Crippen LogP contribution in [0.25, 0.3) is 0 Å². The number of nitrogens with one attached hydrogen (secondary N) is 1. The van der Waals surface area contributed by atoms with E-state index >= 15 is 0 Å². The van der Waals surface area contributed by atoms with Crippen molar-refractivity contribution in [1.82, 2.24) is 4.90 Å². The van der Waals surface area contributed by atoms with Crippen molar-refractivity contribution >= 4 is 23.0 Å². The second-order valence-electron chi connectivity index (χ2n) is 5.51. The van der Waals surface area contributed by atoms with Crippen molar-refractivity contribution in [3.05, 3.63) is 29.8 Å². The molecule has 0 amide bonds. The quantitative estimate of drug-likeness (QED) is 0.758. The fourth-order valence-electron chi connectivity index (χ4n) is 2.84. The molecule has 0 bridgehead atoms. The Balaban J connectivity index is 2.20. The van der Waals surface area contributed by atoms with Crippen molar-refractivity contribution in [2.24, 2.45) is 0 Å². The largest absolute Gasteiger partial charge is 0.418 e. The molecule has 2 rings (SSSR count). The molecule has 6 heteroatoms. The van der Waals surface area contributed by atoms with Gasteiger partial charge in [0.05, 0.1) is 11.3 Å². The van der Waals surface area contributed by atoms with E-state index in [1.165, 1.54) is 12.1 Å². The highest BCUT2D eigenvalue weighted by Gasteiger charge is 2.34. The van der Waals surface area contributed by atoms with Gasteiger partial charge >= 0.3 is 6.18 Å². The number of benzene rings is 1. The van der Waals surface area contributed by atoms with E-state index in [0.29, 0.717) is 5.11 Å². The van der Waals surface area contributed by atoms with Gasteiger partial charge in [0.1, 0.15) is 0 Å². The molecule has 1 heterocycles. The smallest absolute Gasteiger partial charge is 0.344 e. The molecule has 1 aromatic rings. The van der Waals surface area contributed by atoms with Crippen molar-refractivity contribution in [2.45, 2.75) is 51.4 Å². The number of nitrogens with zero attached hydrogens (tertiary/aromatic N) is 1. The number of para-hydroxylation sites is 1. The van der Waals surface area contributed by atoms with Crippen molar-refractivity contribution in [3.8, 4) is 0 Å². The van der Waals surface area contributed by atoms with Crippen LogP contribution in [0.2, 0.25) is 0 Å². The molecule has 116 valence electrons. The van der Waals surface area contributed by atoms with Crippen LogP contribution in [0.4, 0.5) is 18.9 Å². The molecule has 2 unspecified atom stereocenters. The molecule has 1 aliphatic rings. The van der Waals surface area contributed by atoms with Crippen LogP contribution in [0.3, 0.4) is 0 Å². The third-order valence-corrected chi connectivity index (χ3v) is 4.21. The molecule has 1 aliphatic heterocycles.